The number of nitrogens with one attached hydrogen (secondary N) is 1. The van der Waals surface area contributed by atoms with Crippen LogP contribution in [0.4, 0.5) is 4.79 Å². The van der Waals surface area contributed by atoms with Crippen LogP contribution in [-0.2, 0) is 13.0 Å². The molecule has 7 heteroatoms. The molecule has 21 heavy (non-hydrogen) atoms. The van der Waals surface area contributed by atoms with Crippen LogP contribution in [-0.4, -0.2) is 27.9 Å². The molecule has 5 nitrogen and oxygen atoms in total. The van der Waals surface area contributed by atoms with E-state index in [0.29, 0.717) is 6.54 Å². The fourth-order valence-electron chi connectivity index (χ4n) is 1.86. The third kappa shape index (κ3) is 4.25. The minimum Gasteiger partial charge on any atom is -0.329 e. The van der Waals surface area contributed by atoms with E-state index in [1.807, 2.05) is 18.5 Å². The second kappa shape index (κ2) is 7.51. The van der Waals surface area contributed by atoms with Crippen molar-refractivity contribution in [2.45, 2.75) is 39.3 Å². The Morgan fingerprint density at radius 3 is 2.81 bits per heavy atom. The van der Waals surface area contributed by atoms with Gasteiger partial charge in [-0.05, 0) is 12.8 Å². The molecule has 2 aromatic heterocycles. The number of amides is 2. The first-order valence-corrected chi connectivity index (χ1v) is 8.68. The van der Waals surface area contributed by atoms with Gasteiger partial charge in [-0.2, -0.15) is 0 Å². The predicted molar refractivity (Wildman–Crippen MR) is 86.6 cm³/mol. The highest BCUT2D eigenvalue weighted by molar-refractivity contribution is 7.11. The predicted octanol–water partition coefficient (Wildman–Crippen LogP) is 3.45. The average Bonchev–Trinajstić information content (AvgIpc) is 3.15. The summed E-state index contributed by atoms with van der Waals surface area (Å²) in [5.74, 6) is 0. The standard InChI is InChI=1S/C14H20N4OS2/c1-4-10-8-16-12(21-10)9-18(3)14(19)17-11(5-2)13-15-6-7-20-13/h6-8,11H,4-5,9H2,1-3H3,(H,17,19)/t11-/m0/s1. The van der Waals surface area contributed by atoms with Crippen LogP contribution in [0.15, 0.2) is 17.8 Å². The summed E-state index contributed by atoms with van der Waals surface area (Å²) >= 11 is 3.22. The number of rotatable bonds is 6. The smallest absolute Gasteiger partial charge is 0.318 e. The number of hydrogen-bond donors (Lipinski definition) is 1. The Morgan fingerprint density at radius 2 is 2.24 bits per heavy atom. The normalized spacial score (nSPS) is 12.1. The van der Waals surface area contributed by atoms with Crippen LogP contribution in [0.25, 0.3) is 0 Å². The zero-order valence-electron chi connectivity index (χ0n) is 12.5. The van der Waals surface area contributed by atoms with Crippen molar-refractivity contribution >= 4 is 28.7 Å². The van der Waals surface area contributed by atoms with Gasteiger partial charge in [0, 0.05) is 29.7 Å². The Morgan fingerprint density at radius 1 is 1.43 bits per heavy atom. The van der Waals surface area contributed by atoms with E-state index < -0.39 is 0 Å². The minimum absolute atomic E-state index is 0.0255. The molecule has 0 aliphatic carbocycles. The second-order valence-corrected chi connectivity index (χ2v) is 6.84. The number of carbonyl (C=O) groups is 1. The lowest BCUT2D eigenvalue weighted by Crippen LogP contribution is -2.38. The van der Waals surface area contributed by atoms with Crippen molar-refractivity contribution in [3.8, 4) is 0 Å². The summed E-state index contributed by atoms with van der Waals surface area (Å²) in [5, 5.41) is 6.86. The molecule has 114 valence electrons. The Balaban J connectivity index is 1.92. The summed E-state index contributed by atoms with van der Waals surface area (Å²) in [6.07, 6.45) is 5.45. The van der Waals surface area contributed by atoms with Crippen LogP contribution in [0.5, 0.6) is 0 Å². The van der Waals surface area contributed by atoms with Crippen molar-refractivity contribution < 1.29 is 4.79 Å². The molecular formula is C14H20N4OS2. The summed E-state index contributed by atoms with van der Waals surface area (Å²) in [7, 11) is 1.79. The maximum atomic E-state index is 12.3. The molecule has 0 saturated heterocycles. The first kappa shape index (κ1) is 15.9. The van der Waals surface area contributed by atoms with Crippen LogP contribution >= 0.6 is 22.7 Å². The summed E-state index contributed by atoms with van der Waals surface area (Å²) < 4.78 is 0. The molecule has 0 aromatic carbocycles. The molecule has 2 aromatic rings. The third-order valence-electron chi connectivity index (χ3n) is 3.12. The monoisotopic (exact) mass is 324 g/mol. The molecular weight excluding hydrogens is 304 g/mol. The van der Waals surface area contributed by atoms with Gasteiger partial charge in [-0.25, -0.2) is 14.8 Å². The molecule has 2 amide bonds. The van der Waals surface area contributed by atoms with Crippen LogP contribution in [0.2, 0.25) is 0 Å². The summed E-state index contributed by atoms with van der Waals surface area (Å²) in [6.45, 7) is 4.68. The zero-order valence-corrected chi connectivity index (χ0v) is 14.1. The first-order chi connectivity index (χ1) is 10.1. The minimum atomic E-state index is -0.0923. The van der Waals surface area contributed by atoms with Crippen molar-refractivity contribution in [3.63, 3.8) is 0 Å². The summed E-state index contributed by atoms with van der Waals surface area (Å²) in [6, 6.07) is -0.118. The lowest BCUT2D eigenvalue weighted by Gasteiger charge is -2.21. The van der Waals surface area contributed by atoms with Gasteiger partial charge in [0.2, 0.25) is 0 Å². The van der Waals surface area contributed by atoms with Crippen molar-refractivity contribution in [2.24, 2.45) is 0 Å². The summed E-state index contributed by atoms with van der Waals surface area (Å²) in [5.41, 5.74) is 0. The maximum Gasteiger partial charge on any atom is 0.318 e. The van der Waals surface area contributed by atoms with E-state index in [9.17, 15) is 4.79 Å². The number of carbonyl (C=O) groups excluding carboxylic acids is 1. The molecule has 1 N–H and O–H groups in total. The van der Waals surface area contributed by atoms with E-state index in [0.717, 1.165) is 22.9 Å². The van der Waals surface area contributed by atoms with Gasteiger partial charge in [0.25, 0.3) is 0 Å². The lowest BCUT2D eigenvalue weighted by molar-refractivity contribution is 0.202. The molecule has 0 bridgehead atoms. The van der Waals surface area contributed by atoms with Gasteiger partial charge in [-0.1, -0.05) is 13.8 Å². The van der Waals surface area contributed by atoms with Crippen LogP contribution in [0.3, 0.4) is 0 Å². The van der Waals surface area contributed by atoms with E-state index >= 15 is 0 Å². The molecule has 0 aliphatic rings. The van der Waals surface area contributed by atoms with E-state index in [-0.39, 0.29) is 12.1 Å². The molecule has 2 rings (SSSR count). The van der Waals surface area contributed by atoms with E-state index in [1.54, 1.807) is 40.8 Å². The Hall–Kier alpha value is -1.47. The number of aromatic nitrogens is 2. The van der Waals surface area contributed by atoms with Gasteiger partial charge in [0.1, 0.15) is 10.0 Å². The lowest BCUT2D eigenvalue weighted by atomic mass is 10.2. The molecule has 2 heterocycles. The third-order valence-corrected chi connectivity index (χ3v) is 5.14. The number of aryl methyl sites for hydroxylation is 1. The molecule has 0 spiro atoms. The molecule has 0 radical (unpaired) electrons. The fraction of sp³-hybridized carbons (Fsp3) is 0.500. The van der Waals surface area contributed by atoms with Crippen LogP contribution < -0.4 is 5.32 Å². The van der Waals surface area contributed by atoms with Crippen molar-refractivity contribution in [2.75, 3.05) is 7.05 Å². The zero-order chi connectivity index (χ0) is 15.2. The molecule has 0 fully saturated rings. The molecule has 0 unspecified atom stereocenters. The van der Waals surface area contributed by atoms with Gasteiger partial charge >= 0.3 is 6.03 Å². The summed E-state index contributed by atoms with van der Waals surface area (Å²) in [4.78, 5) is 23.8. The van der Waals surface area contributed by atoms with Gasteiger partial charge in [0.05, 0.1) is 12.6 Å². The van der Waals surface area contributed by atoms with E-state index in [1.165, 1.54) is 4.88 Å². The number of thiazole rings is 2. The fourth-order valence-corrected chi connectivity index (χ4v) is 3.55. The Labute approximate surface area is 133 Å². The van der Waals surface area contributed by atoms with Crippen molar-refractivity contribution in [1.82, 2.24) is 20.2 Å². The topological polar surface area (TPSA) is 58.1 Å². The first-order valence-electron chi connectivity index (χ1n) is 6.98. The average molecular weight is 324 g/mol. The Bertz CT molecular complexity index is 567. The van der Waals surface area contributed by atoms with Gasteiger partial charge in [0.15, 0.2) is 0 Å². The van der Waals surface area contributed by atoms with Crippen molar-refractivity contribution in [3.05, 3.63) is 32.7 Å². The van der Waals surface area contributed by atoms with E-state index in [2.05, 4.69) is 22.2 Å². The van der Waals surface area contributed by atoms with Crippen molar-refractivity contribution in [1.29, 1.82) is 0 Å². The highest BCUT2D eigenvalue weighted by Gasteiger charge is 2.18. The Kier molecular flexibility index (Phi) is 5.69. The van der Waals surface area contributed by atoms with Gasteiger partial charge < -0.3 is 10.2 Å². The molecule has 0 saturated carbocycles. The van der Waals surface area contributed by atoms with Gasteiger partial charge in [-0.15, -0.1) is 22.7 Å². The largest absolute Gasteiger partial charge is 0.329 e. The number of nitrogens with zero attached hydrogens (tertiary/aromatic N) is 3. The highest BCUT2D eigenvalue weighted by atomic mass is 32.1. The van der Waals surface area contributed by atoms with Crippen LogP contribution in [0.1, 0.15) is 41.2 Å². The molecule has 0 aliphatic heterocycles. The SMILES string of the molecule is CCc1cnc(CN(C)C(=O)N[C@@H](CC)c2nccs2)s1. The maximum absolute atomic E-state index is 12.3. The number of hydrogen-bond acceptors (Lipinski definition) is 5. The van der Waals surface area contributed by atoms with Gasteiger partial charge in [-0.3, -0.25) is 0 Å². The number of urea groups is 1. The second-order valence-electron chi connectivity index (χ2n) is 4.71. The highest BCUT2D eigenvalue weighted by Crippen LogP contribution is 2.19. The van der Waals surface area contributed by atoms with Crippen LogP contribution in [0, 0.1) is 0 Å². The quantitative estimate of drug-likeness (QED) is 0.885. The molecule has 1 atom stereocenters. The van der Waals surface area contributed by atoms with E-state index in [4.69, 9.17) is 0 Å².